The molecule has 3 heteroatoms. The van der Waals surface area contributed by atoms with Crippen LogP contribution in [0.3, 0.4) is 0 Å². The first-order chi connectivity index (χ1) is 26.3. The Morgan fingerprint density at radius 2 is 0.667 bits per heavy atom. The molecule has 0 amide bonds. The van der Waals surface area contributed by atoms with Crippen LogP contribution in [0, 0.1) is 0 Å². The summed E-state index contributed by atoms with van der Waals surface area (Å²) in [6.45, 7) is 6.56. The summed E-state index contributed by atoms with van der Waals surface area (Å²) >= 11 is 0. The minimum atomic E-state index is 0. The number of rotatable bonds is 39. The number of benzene rings is 1. The Hall–Kier alpha value is -1.61. The zero-order valence-corrected chi connectivity index (χ0v) is 37.5. The molecule has 1 aromatic heterocycles. The summed E-state index contributed by atoms with van der Waals surface area (Å²) in [4.78, 5) is 0. The van der Waals surface area contributed by atoms with E-state index in [2.05, 4.69) is 79.4 Å². The summed E-state index contributed by atoms with van der Waals surface area (Å²) in [6, 6.07) is 13.0. The van der Waals surface area contributed by atoms with Crippen LogP contribution in [-0.2, 0) is 6.54 Å². The Bertz CT molecular complexity index is 1050. The highest BCUT2D eigenvalue weighted by Crippen LogP contribution is 2.18. The molecule has 0 saturated carbocycles. The largest absolute Gasteiger partial charge is 1.00 e. The van der Waals surface area contributed by atoms with E-state index < -0.39 is 0 Å². The minimum Gasteiger partial charge on any atom is -1.00 e. The zero-order chi connectivity index (χ0) is 37.5. The quantitative estimate of drug-likeness (QED) is 0.0484. The van der Waals surface area contributed by atoms with Gasteiger partial charge in [0.2, 0.25) is 0 Å². The number of hydrogen-bond donors (Lipinski definition) is 0. The van der Waals surface area contributed by atoms with Gasteiger partial charge in [-0.2, -0.15) is 0 Å². The monoisotopic (exact) mass is 810 g/mol. The van der Waals surface area contributed by atoms with E-state index in [0.717, 1.165) is 25.3 Å². The molecule has 310 valence electrons. The van der Waals surface area contributed by atoms with Crippen molar-refractivity contribution in [1.29, 1.82) is 0 Å². The standard InChI is InChI=1S/C51H88NO.BrH/c1-3-5-7-9-11-13-15-17-19-20-21-22-23-24-26-28-30-32-34-36-48-53-51-41-39-49(40-42-51)37-38-50-43-46-52(47-44-50)45-35-33-31-29-27-25-18-16-14-12-10-8-6-4-2;/h37-44,46-47H,3-36,45,48H2,1-2H3;1H/q+1;/p-1. The second-order valence-corrected chi connectivity index (χ2v) is 16.4. The number of ether oxygens (including phenoxy) is 1. The Kier molecular flexibility index (Phi) is 37.0. The van der Waals surface area contributed by atoms with Gasteiger partial charge < -0.3 is 21.7 Å². The SMILES string of the molecule is CCCCCCCCCCCCCCCCCCCCCCOc1ccc(C=Cc2cc[n+](CCCCCCCCCCCCCCCC)cc2)cc1.[Br-]. The Morgan fingerprint density at radius 3 is 1.02 bits per heavy atom. The normalized spacial score (nSPS) is 11.4. The summed E-state index contributed by atoms with van der Waals surface area (Å²) in [5.41, 5.74) is 2.47. The van der Waals surface area contributed by atoms with Crippen LogP contribution in [0.25, 0.3) is 12.2 Å². The van der Waals surface area contributed by atoms with E-state index >= 15 is 0 Å². The van der Waals surface area contributed by atoms with Crippen LogP contribution in [0.15, 0.2) is 48.8 Å². The molecular weight excluding hydrogens is 722 g/mol. The first-order valence-electron chi connectivity index (χ1n) is 23.7. The molecule has 0 fully saturated rings. The average molecular weight is 811 g/mol. The van der Waals surface area contributed by atoms with E-state index in [9.17, 15) is 0 Å². The number of aromatic nitrogens is 1. The van der Waals surface area contributed by atoms with Crippen molar-refractivity contribution in [2.75, 3.05) is 6.61 Å². The molecule has 0 N–H and O–H groups in total. The fourth-order valence-electron chi connectivity index (χ4n) is 7.63. The molecule has 0 aliphatic rings. The van der Waals surface area contributed by atoms with E-state index in [1.807, 2.05) is 0 Å². The molecule has 0 radical (unpaired) electrons. The van der Waals surface area contributed by atoms with E-state index in [1.54, 1.807) is 0 Å². The predicted octanol–water partition coefficient (Wildman–Crippen LogP) is 13.8. The van der Waals surface area contributed by atoms with Gasteiger partial charge in [-0.3, -0.25) is 0 Å². The highest BCUT2D eigenvalue weighted by Gasteiger charge is 2.02. The number of hydrogen-bond acceptors (Lipinski definition) is 1. The molecule has 2 aromatic rings. The lowest BCUT2D eigenvalue weighted by Gasteiger charge is -2.07. The smallest absolute Gasteiger partial charge is 0.169 e. The summed E-state index contributed by atoms with van der Waals surface area (Å²) < 4.78 is 8.38. The summed E-state index contributed by atoms with van der Waals surface area (Å²) in [5, 5.41) is 0. The predicted molar refractivity (Wildman–Crippen MR) is 236 cm³/mol. The number of unbranched alkanes of at least 4 members (excludes halogenated alkanes) is 32. The molecular formula is C51H88BrNO. The van der Waals surface area contributed by atoms with Gasteiger partial charge in [-0.05, 0) is 36.1 Å². The third-order valence-corrected chi connectivity index (χ3v) is 11.3. The lowest BCUT2D eigenvalue weighted by molar-refractivity contribution is -0.697. The first kappa shape index (κ1) is 50.4. The number of nitrogens with zero attached hydrogens (tertiary/aromatic N) is 1. The Morgan fingerprint density at radius 1 is 0.370 bits per heavy atom. The lowest BCUT2D eigenvalue weighted by Crippen LogP contribution is -3.00. The maximum Gasteiger partial charge on any atom is 0.169 e. The van der Waals surface area contributed by atoms with E-state index in [4.69, 9.17) is 4.74 Å². The summed E-state index contributed by atoms with van der Waals surface area (Å²) in [5.74, 6) is 0.990. The van der Waals surface area contributed by atoms with Gasteiger partial charge in [0.15, 0.2) is 12.4 Å². The van der Waals surface area contributed by atoms with Crippen LogP contribution in [0.5, 0.6) is 5.75 Å². The number of aryl methyl sites for hydroxylation is 1. The molecule has 0 spiro atoms. The van der Waals surface area contributed by atoms with Crippen LogP contribution in [0.2, 0.25) is 0 Å². The second-order valence-electron chi connectivity index (χ2n) is 16.4. The molecule has 54 heavy (non-hydrogen) atoms. The summed E-state index contributed by atoms with van der Waals surface area (Å²) in [6.07, 6.45) is 57.1. The average Bonchev–Trinajstić information content (AvgIpc) is 3.18. The molecule has 2 nitrogen and oxygen atoms in total. The first-order valence-corrected chi connectivity index (χ1v) is 23.7. The van der Waals surface area contributed by atoms with Gasteiger partial charge in [-0.15, -0.1) is 0 Å². The molecule has 0 aliphatic carbocycles. The highest BCUT2D eigenvalue weighted by molar-refractivity contribution is 5.69. The van der Waals surface area contributed by atoms with Crippen LogP contribution >= 0.6 is 0 Å². The van der Waals surface area contributed by atoms with Gasteiger partial charge in [-0.25, -0.2) is 4.57 Å². The van der Waals surface area contributed by atoms with Crippen LogP contribution < -0.4 is 26.3 Å². The molecule has 0 bridgehead atoms. The fourth-order valence-corrected chi connectivity index (χ4v) is 7.63. The molecule has 2 rings (SSSR count). The van der Waals surface area contributed by atoms with Gasteiger partial charge in [0.25, 0.3) is 0 Å². The van der Waals surface area contributed by atoms with E-state index in [-0.39, 0.29) is 17.0 Å². The molecule has 0 unspecified atom stereocenters. The van der Waals surface area contributed by atoms with Crippen LogP contribution in [0.1, 0.15) is 243 Å². The van der Waals surface area contributed by atoms with Gasteiger partial charge in [0.1, 0.15) is 12.3 Å². The lowest BCUT2D eigenvalue weighted by atomic mass is 10.0. The van der Waals surface area contributed by atoms with Crippen molar-refractivity contribution in [3.8, 4) is 5.75 Å². The maximum atomic E-state index is 6.04. The van der Waals surface area contributed by atoms with Gasteiger partial charge in [0.05, 0.1) is 6.61 Å². The Labute approximate surface area is 347 Å². The van der Waals surface area contributed by atoms with Crippen LogP contribution in [0.4, 0.5) is 0 Å². The zero-order valence-electron chi connectivity index (χ0n) is 36.0. The fraction of sp³-hybridized carbons (Fsp3) is 0.745. The summed E-state index contributed by atoms with van der Waals surface area (Å²) in [7, 11) is 0. The van der Waals surface area contributed by atoms with Crippen molar-refractivity contribution < 1.29 is 26.3 Å². The second kappa shape index (κ2) is 39.6. The van der Waals surface area contributed by atoms with E-state index in [0.29, 0.717) is 0 Å². The van der Waals surface area contributed by atoms with Crippen molar-refractivity contribution in [2.45, 2.75) is 239 Å². The van der Waals surface area contributed by atoms with Crippen molar-refractivity contribution in [2.24, 2.45) is 0 Å². The van der Waals surface area contributed by atoms with Gasteiger partial charge in [-0.1, -0.05) is 237 Å². The molecule has 0 aliphatic heterocycles. The third-order valence-electron chi connectivity index (χ3n) is 11.3. The van der Waals surface area contributed by atoms with Crippen molar-refractivity contribution in [3.63, 3.8) is 0 Å². The van der Waals surface area contributed by atoms with E-state index in [1.165, 1.54) is 223 Å². The molecule has 0 atom stereocenters. The minimum absolute atomic E-state index is 0. The van der Waals surface area contributed by atoms with Gasteiger partial charge in [0, 0.05) is 18.6 Å². The number of pyridine rings is 1. The van der Waals surface area contributed by atoms with Crippen molar-refractivity contribution in [3.05, 3.63) is 59.9 Å². The topological polar surface area (TPSA) is 13.1 Å². The molecule has 1 aromatic carbocycles. The van der Waals surface area contributed by atoms with Gasteiger partial charge >= 0.3 is 0 Å². The molecule has 0 saturated heterocycles. The number of halogens is 1. The molecule has 1 heterocycles. The van der Waals surface area contributed by atoms with Crippen molar-refractivity contribution in [1.82, 2.24) is 0 Å². The maximum absolute atomic E-state index is 6.04. The van der Waals surface area contributed by atoms with Crippen LogP contribution in [-0.4, -0.2) is 6.61 Å². The van der Waals surface area contributed by atoms with Crippen molar-refractivity contribution >= 4 is 12.2 Å². The third kappa shape index (κ3) is 31.6. The highest BCUT2D eigenvalue weighted by atomic mass is 79.9. The Balaban J connectivity index is 0.0000146.